The molecular formula is C24H27ClN2O9. The van der Waals surface area contributed by atoms with Crippen LogP contribution in [0, 0.1) is 0 Å². The highest BCUT2D eigenvalue weighted by atomic mass is 35.5. The SMILES string of the molecule is CO[C@H]1O[C@H](COc2ccc(-c3nccc(CCl)n3)cc2)[C@@H](OC(C)=O)[C@H](OC(C)=O)[C@@H]1OC(C)=O. The van der Waals surface area contributed by atoms with E-state index in [2.05, 4.69) is 9.97 Å². The minimum atomic E-state index is -1.18. The standard InChI is InChI=1S/C24H27ClN2O9/c1-13(28)33-20-19(36-24(31-4)22(35-15(3)30)21(20)34-14(2)29)12-32-18-7-5-16(6-8-18)23-26-10-9-17(11-25)27-23/h5-10,19-22,24H,11-12H2,1-4H3/t19-,20-,21+,22+,24+/m1/s1. The summed E-state index contributed by atoms with van der Waals surface area (Å²) in [5.74, 6) is -0.684. The Morgan fingerprint density at radius 2 is 1.53 bits per heavy atom. The van der Waals surface area contributed by atoms with Gasteiger partial charge in [-0.15, -0.1) is 11.6 Å². The number of hydrogen-bond acceptors (Lipinski definition) is 11. The Labute approximate surface area is 213 Å². The van der Waals surface area contributed by atoms with E-state index in [9.17, 15) is 14.4 Å². The number of rotatable bonds is 9. The topological polar surface area (TPSA) is 132 Å². The van der Waals surface area contributed by atoms with Crippen LogP contribution in [-0.4, -0.2) is 72.3 Å². The van der Waals surface area contributed by atoms with Crippen LogP contribution in [0.2, 0.25) is 0 Å². The molecule has 0 spiro atoms. The highest BCUT2D eigenvalue weighted by Crippen LogP contribution is 2.30. The predicted octanol–water partition coefficient (Wildman–Crippen LogP) is 2.43. The summed E-state index contributed by atoms with van der Waals surface area (Å²) in [6.07, 6.45) is -3.87. The van der Waals surface area contributed by atoms with E-state index in [0.717, 1.165) is 5.56 Å². The van der Waals surface area contributed by atoms with Crippen molar-refractivity contribution < 1.29 is 42.8 Å². The summed E-state index contributed by atoms with van der Waals surface area (Å²) in [6.45, 7) is 3.48. The van der Waals surface area contributed by atoms with Gasteiger partial charge in [0, 0.05) is 39.6 Å². The molecule has 1 aliphatic heterocycles. The van der Waals surface area contributed by atoms with E-state index < -0.39 is 48.6 Å². The first-order valence-electron chi connectivity index (χ1n) is 11.0. The number of nitrogens with zero attached hydrogens (tertiary/aromatic N) is 2. The predicted molar refractivity (Wildman–Crippen MR) is 125 cm³/mol. The second-order valence-electron chi connectivity index (χ2n) is 7.84. The van der Waals surface area contributed by atoms with Crippen LogP contribution in [-0.2, 0) is 43.9 Å². The zero-order valence-electron chi connectivity index (χ0n) is 20.2. The Hall–Kier alpha value is -3.28. The molecule has 0 aliphatic carbocycles. The van der Waals surface area contributed by atoms with Gasteiger partial charge in [-0.1, -0.05) is 0 Å². The van der Waals surface area contributed by atoms with Crippen molar-refractivity contribution in [3.63, 3.8) is 0 Å². The minimum absolute atomic E-state index is 0.0973. The number of esters is 3. The fourth-order valence-electron chi connectivity index (χ4n) is 3.67. The number of halogens is 1. The van der Waals surface area contributed by atoms with Gasteiger partial charge in [0.25, 0.3) is 0 Å². The van der Waals surface area contributed by atoms with Gasteiger partial charge in [0.1, 0.15) is 18.5 Å². The summed E-state index contributed by atoms with van der Waals surface area (Å²) in [5, 5.41) is 0. The van der Waals surface area contributed by atoms with Gasteiger partial charge in [-0.2, -0.15) is 0 Å². The molecule has 0 saturated carbocycles. The summed E-state index contributed by atoms with van der Waals surface area (Å²) in [5.41, 5.74) is 1.47. The van der Waals surface area contributed by atoms with Crippen LogP contribution in [0.3, 0.4) is 0 Å². The van der Waals surface area contributed by atoms with Gasteiger partial charge >= 0.3 is 17.9 Å². The average Bonchev–Trinajstić information content (AvgIpc) is 2.85. The molecule has 36 heavy (non-hydrogen) atoms. The van der Waals surface area contributed by atoms with Crippen LogP contribution in [0.4, 0.5) is 0 Å². The Kier molecular flexibility index (Phi) is 9.57. The summed E-state index contributed by atoms with van der Waals surface area (Å²) in [7, 11) is 1.34. The Morgan fingerprint density at radius 1 is 0.917 bits per heavy atom. The lowest BCUT2D eigenvalue weighted by atomic mass is 9.98. The summed E-state index contributed by atoms with van der Waals surface area (Å²) in [4.78, 5) is 44.0. The van der Waals surface area contributed by atoms with E-state index >= 15 is 0 Å². The molecule has 11 nitrogen and oxygen atoms in total. The number of aromatic nitrogens is 2. The largest absolute Gasteiger partial charge is 0.491 e. The molecule has 0 bridgehead atoms. The fraction of sp³-hybridized carbons (Fsp3) is 0.458. The van der Waals surface area contributed by atoms with Gasteiger partial charge in [-0.25, -0.2) is 9.97 Å². The molecule has 12 heteroatoms. The lowest BCUT2D eigenvalue weighted by Crippen LogP contribution is -2.62. The van der Waals surface area contributed by atoms with Crippen LogP contribution < -0.4 is 4.74 Å². The maximum absolute atomic E-state index is 11.8. The van der Waals surface area contributed by atoms with E-state index in [4.69, 9.17) is 40.0 Å². The molecule has 0 N–H and O–H groups in total. The van der Waals surface area contributed by atoms with E-state index in [1.54, 1.807) is 36.5 Å². The number of ether oxygens (including phenoxy) is 6. The molecule has 1 fully saturated rings. The fourth-order valence-corrected chi connectivity index (χ4v) is 3.82. The first-order chi connectivity index (χ1) is 17.2. The van der Waals surface area contributed by atoms with Gasteiger partial charge in [-0.05, 0) is 30.3 Å². The van der Waals surface area contributed by atoms with E-state index in [-0.39, 0.29) is 12.5 Å². The molecule has 194 valence electrons. The maximum atomic E-state index is 11.8. The molecular weight excluding hydrogens is 496 g/mol. The normalized spacial score (nSPS) is 23.4. The molecule has 2 aromatic rings. The third-order valence-corrected chi connectivity index (χ3v) is 5.38. The number of hydrogen-bond donors (Lipinski definition) is 0. The first-order valence-corrected chi connectivity index (χ1v) is 11.6. The van der Waals surface area contributed by atoms with Crippen LogP contribution in [0.1, 0.15) is 26.5 Å². The van der Waals surface area contributed by atoms with Gasteiger partial charge in [-0.3, -0.25) is 14.4 Å². The number of methoxy groups -OCH3 is 1. The summed E-state index contributed by atoms with van der Waals surface area (Å²) >= 11 is 5.85. The van der Waals surface area contributed by atoms with Crippen LogP contribution in [0.5, 0.6) is 5.75 Å². The van der Waals surface area contributed by atoms with Crippen LogP contribution in [0.25, 0.3) is 11.4 Å². The molecule has 1 aromatic heterocycles. The molecule has 3 rings (SSSR count). The van der Waals surface area contributed by atoms with Crippen molar-refractivity contribution in [2.75, 3.05) is 13.7 Å². The van der Waals surface area contributed by atoms with Crippen molar-refractivity contribution in [1.29, 1.82) is 0 Å². The highest BCUT2D eigenvalue weighted by Gasteiger charge is 2.52. The zero-order chi connectivity index (χ0) is 26.2. The number of alkyl halides is 1. The molecule has 5 atom stereocenters. The van der Waals surface area contributed by atoms with E-state index in [0.29, 0.717) is 17.3 Å². The minimum Gasteiger partial charge on any atom is -0.491 e. The smallest absolute Gasteiger partial charge is 0.303 e. The summed E-state index contributed by atoms with van der Waals surface area (Å²) in [6, 6.07) is 8.73. The third-order valence-electron chi connectivity index (χ3n) is 5.11. The van der Waals surface area contributed by atoms with E-state index in [1.165, 1.54) is 27.9 Å². The van der Waals surface area contributed by atoms with Gasteiger partial charge in [0.05, 0.1) is 11.6 Å². The van der Waals surface area contributed by atoms with E-state index in [1.807, 2.05) is 0 Å². The van der Waals surface area contributed by atoms with Crippen molar-refractivity contribution in [2.45, 2.75) is 57.4 Å². The molecule has 1 aromatic carbocycles. The van der Waals surface area contributed by atoms with Crippen molar-refractivity contribution in [3.05, 3.63) is 42.2 Å². The number of carbonyl (C=O) groups excluding carboxylic acids is 3. The van der Waals surface area contributed by atoms with Crippen molar-refractivity contribution in [3.8, 4) is 17.1 Å². The molecule has 0 unspecified atom stereocenters. The van der Waals surface area contributed by atoms with Crippen molar-refractivity contribution >= 4 is 29.5 Å². The highest BCUT2D eigenvalue weighted by molar-refractivity contribution is 6.16. The first kappa shape index (κ1) is 27.3. The molecule has 0 radical (unpaired) electrons. The van der Waals surface area contributed by atoms with Crippen molar-refractivity contribution in [1.82, 2.24) is 9.97 Å². The average molecular weight is 523 g/mol. The number of carbonyl (C=O) groups is 3. The van der Waals surface area contributed by atoms with Gasteiger partial charge in [0.15, 0.2) is 30.4 Å². The van der Waals surface area contributed by atoms with Gasteiger partial charge < -0.3 is 28.4 Å². The second-order valence-corrected chi connectivity index (χ2v) is 8.11. The van der Waals surface area contributed by atoms with Crippen LogP contribution in [0.15, 0.2) is 36.5 Å². The Morgan fingerprint density at radius 3 is 2.11 bits per heavy atom. The molecule has 1 saturated heterocycles. The molecule has 1 aliphatic rings. The Balaban J connectivity index is 1.79. The third kappa shape index (κ3) is 7.12. The summed E-state index contributed by atoms with van der Waals surface area (Å²) < 4.78 is 33.2. The molecule has 2 heterocycles. The van der Waals surface area contributed by atoms with Gasteiger partial charge in [0.2, 0.25) is 0 Å². The molecule has 0 amide bonds. The number of benzene rings is 1. The maximum Gasteiger partial charge on any atom is 0.303 e. The lowest BCUT2D eigenvalue weighted by Gasteiger charge is -2.43. The Bertz CT molecular complexity index is 1070. The van der Waals surface area contributed by atoms with Crippen molar-refractivity contribution in [2.24, 2.45) is 0 Å². The monoisotopic (exact) mass is 522 g/mol. The van der Waals surface area contributed by atoms with Crippen LogP contribution >= 0.6 is 11.6 Å². The quantitative estimate of drug-likeness (QED) is 0.273. The lowest BCUT2D eigenvalue weighted by molar-refractivity contribution is -0.301. The zero-order valence-corrected chi connectivity index (χ0v) is 21.0. The second kappa shape index (κ2) is 12.6.